The Morgan fingerprint density at radius 3 is 2.88 bits per heavy atom. The fourth-order valence-electron chi connectivity index (χ4n) is 2.67. The smallest absolute Gasteiger partial charge is 0.337 e. The number of fused-ring (bicyclic) bond motifs is 1. The Balaban J connectivity index is 1.93. The van der Waals surface area contributed by atoms with Gasteiger partial charge in [-0.25, -0.2) is 14.8 Å². The van der Waals surface area contributed by atoms with Gasteiger partial charge < -0.3 is 15.8 Å². The SMILES string of the molecule is Nc1nccc(-c2cc(C(=O)O)c(-c3csc4ccccc34)[nH]2)n1. The van der Waals surface area contributed by atoms with Crippen molar-refractivity contribution < 1.29 is 9.90 Å². The highest BCUT2D eigenvalue weighted by Gasteiger charge is 2.19. The van der Waals surface area contributed by atoms with E-state index in [2.05, 4.69) is 15.0 Å². The number of aromatic amines is 1. The molecule has 0 saturated carbocycles. The van der Waals surface area contributed by atoms with Gasteiger partial charge in [0, 0.05) is 27.2 Å². The number of nitrogen functional groups attached to an aromatic ring is 1. The summed E-state index contributed by atoms with van der Waals surface area (Å²) in [5.41, 5.74) is 8.38. The molecule has 0 atom stereocenters. The van der Waals surface area contributed by atoms with Crippen molar-refractivity contribution in [3.63, 3.8) is 0 Å². The van der Waals surface area contributed by atoms with Gasteiger partial charge in [-0.3, -0.25) is 0 Å². The van der Waals surface area contributed by atoms with Crippen LogP contribution in [0.3, 0.4) is 0 Å². The van der Waals surface area contributed by atoms with Crippen LogP contribution in [0.25, 0.3) is 32.7 Å². The van der Waals surface area contributed by atoms with Gasteiger partial charge in [0.05, 0.1) is 22.6 Å². The first-order valence-electron chi connectivity index (χ1n) is 7.15. The molecule has 0 aliphatic heterocycles. The molecular weight excluding hydrogens is 324 g/mol. The molecule has 0 amide bonds. The first kappa shape index (κ1) is 14.4. The van der Waals surface area contributed by atoms with Crippen LogP contribution in [0, 0.1) is 0 Å². The maximum Gasteiger partial charge on any atom is 0.337 e. The molecular formula is C17H12N4O2S. The lowest BCUT2D eigenvalue weighted by Gasteiger charge is -2.00. The van der Waals surface area contributed by atoms with Crippen LogP contribution < -0.4 is 5.73 Å². The number of hydrogen-bond acceptors (Lipinski definition) is 5. The summed E-state index contributed by atoms with van der Waals surface area (Å²) in [6.07, 6.45) is 1.54. The minimum atomic E-state index is -0.996. The van der Waals surface area contributed by atoms with E-state index in [9.17, 15) is 9.90 Å². The third-order valence-electron chi connectivity index (χ3n) is 3.75. The number of nitrogens with two attached hydrogens (primary N) is 1. The standard InChI is InChI=1S/C17H12N4O2S/c18-17-19-6-5-12(21-17)13-7-10(16(22)23)15(20-13)11-8-24-14-4-2-1-3-9(11)14/h1-8,20H,(H,22,23)(H2,18,19,21). The zero-order chi connectivity index (χ0) is 16.7. The van der Waals surface area contributed by atoms with Crippen molar-refractivity contribution in [3.8, 4) is 22.6 Å². The van der Waals surface area contributed by atoms with E-state index in [0.717, 1.165) is 15.6 Å². The van der Waals surface area contributed by atoms with Gasteiger partial charge in [0.15, 0.2) is 0 Å². The largest absolute Gasteiger partial charge is 0.478 e. The summed E-state index contributed by atoms with van der Waals surface area (Å²) < 4.78 is 1.10. The summed E-state index contributed by atoms with van der Waals surface area (Å²) in [6, 6.07) is 11.2. The molecule has 3 heterocycles. The summed E-state index contributed by atoms with van der Waals surface area (Å²) in [4.78, 5) is 22.9. The molecule has 0 aliphatic rings. The zero-order valence-corrected chi connectivity index (χ0v) is 13.2. The van der Waals surface area contributed by atoms with Gasteiger partial charge in [-0.05, 0) is 18.2 Å². The fourth-order valence-corrected chi connectivity index (χ4v) is 3.62. The molecule has 0 radical (unpaired) electrons. The van der Waals surface area contributed by atoms with E-state index in [1.54, 1.807) is 29.7 Å². The number of aromatic nitrogens is 3. The molecule has 0 saturated heterocycles. The maximum absolute atomic E-state index is 11.7. The molecule has 7 heteroatoms. The van der Waals surface area contributed by atoms with Crippen LogP contribution >= 0.6 is 11.3 Å². The molecule has 6 nitrogen and oxygen atoms in total. The highest BCUT2D eigenvalue weighted by molar-refractivity contribution is 7.17. The van der Waals surface area contributed by atoms with Crippen LogP contribution in [-0.2, 0) is 0 Å². The molecule has 0 spiro atoms. The van der Waals surface area contributed by atoms with Crippen LogP contribution in [-0.4, -0.2) is 26.0 Å². The summed E-state index contributed by atoms with van der Waals surface area (Å²) in [7, 11) is 0. The van der Waals surface area contributed by atoms with Crippen LogP contribution in [0.15, 0.2) is 48.0 Å². The molecule has 0 fully saturated rings. The highest BCUT2D eigenvalue weighted by Crippen LogP contribution is 2.36. The Bertz CT molecular complexity index is 1070. The number of carbonyl (C=O) groups is 1. The number of anilines is 1. The van der Waals surface area contributed by atoms with Crippen molar-refractivity contribution in [3.05, 3.63) is 53.5 Å². The van der Waals surface area contributed by atoms with Crippen molar-refractivity contribution in [1.82, 2.24) is 15.0 Å². The Labute approximate surface area is 140 Å². The second-order valence-corrected chi connectivity index (χ2v) is 6.13. The lowest BCUT2D eigenvalue weighted by molar-refractivity contribution is 0.0698. The summed E-state index contributed by atoms with van der Waals surface area (Å²) in [6.45, 7) is 0. The topological polar surface area (TPSA) is 105 Å². The minimum absolute atomic E-state index is 0.140. The van der Waals surface area contributed by atoms with Crippen molar-refractivity contribution in [1.29, 1.82) is 0 Å². The van der Waals surface area contributed by atoms with Crippen molar-refractivity contribution in [2.24, 2.45) is 0 Å². The first-order valence-corrected chi connectivity index (χ1v) is 8.03. The van der Waals surface area contributed by atoms with Crippen LogP contribution in [0.5, 0.6) is 0 Å². The first-order chi connectivity index (χ1) is 11.6. The van der Waals surface area contributed by atoms with Crippen LogP contribution in [0.2, 0.25) is 0 Å². The molecule has 4 aromatic rings. The number of carboxylic acid groups (broad SMARTS) is 1. The summed E-state index contributed by atoms with van der Waals surface area (Å²) in [5.74, 6) is -0.855. The van der Waals surface area contributed by atoms with Gasteiger partial charge >= 0.3 is 5.97 Å². The molecule has 0 unspecified atom stereocenters. The van der Waals surface area contributed by atoms with Gasteiger partial charge in [-0.1, -0.05) is 18.2 Å². The normalized spacial score (nSPS) is 11.0. The molecule has 24 heavy (non-hydrogen) atoms. The van der Waals surface area contributed by atoms with E-state index >= 15 is 0 Å². The number of nitrogens with one attached hydrogen (secondary N) is 1. The van der Waals surface area contributed by atoms with Crippen molar-refractivity contribution >= 4 is 33.3 Å². The Hall–Kier alpha value is -3.19. The summed E-state index contributed by atoms with van der Waals surface area (Å²) in [5, 5.41) is 12.6. The Morgan fingerprint density at radius 1 is 1.25 bits per heavy atom. The number of rotatable bonds is 3. The molecule has 4 N–H and O–H groups in total. The van der Waals surface area contributed by atoms with Gasteiger partial charge in [0.2, 0.25) is 5.95 Å². The minimum Gasteiger partial charge on any atom is -0.478 e. The van der Waals surface area contributed by atoms with Crippen LogP contribution in [0.4, 0.5) is 5.95 Å². The lowest BCUT2D eigenvalue weighted by Crippen LogP contribution is -1.96. The number of carboxylic acids is 1. The number of benzene rings is 1. The fraction of sp³-hybridized carbons (Fsp3) is 0. The predicted octanol–water partition coefficient (Wildman–Crippen LogP) is 3.63. The van der Waals surface area contributed by atoms with Gasteiger partial charge in [0.1, 0.15) is 0 Å². The van der Waals surface area contributed by atoms with E-state index in [1.807, 2.05) is 29.6 Å². The zero-order valence-electron chi connectivity index (χ0n) is 12.4. The van der Waals surface area contributed by atoms with Crippen molar-refractivity contribution in [2.45, 2.75) is 0 Å². The average Bonchev–Trinajstić information content (AvgIpc) is 3.19. The number of aromatic carboxylic acids is 1. The number of hydrogen-bond donors (Lipinski definition) is 3. The van der Waals surface area contributed by atoms with E-state index in [0.29, 0.717) is 17.1 Å². The number of thiophene rings is 1. The average molecular weight is 336 g/mol. The predicted molar refractivity (Wildman–Crippen MR) is 94.0 cm³/mol. The monoisotopic (exact) mass is 336 g/mol. The van der Waals surface area contributed by atoms with E-state index in [1.165, 1.54) is 0 Å². The van der Waals surface area contributed by atoms with Crippen LogP contribution in [0.1, 0.15) is 10.4 Å². The van der Waals surface area contributed by atoms with E-state index in [4.69, 9.17) is 5.73 Å². The van der Waals surface area contributed by atoms with Gasteiger partial charge in [0.25, 0.3) is 0 Å². The third-order valence-corrected chi connectivity index (χ3v) is 4.71. The third kappa shape index (κ3) is 2.31. The lowest BCUT2D eigenvalue weighted by atomic mass is 10.1. The molecule has 118 valence electrons. The quantitative estimate of drug-likeness (QED) is 0.530. The number of nitrogens with zero attached hydrogens (tertiary/aromatic N) is 2. The van der Waals surface area contributed by atoms with E-state index < -0.39 is 5.97 Å². The number of H-pyrrole nitrogens is 1. The molecule has 3 aromatic heterocycles. The highest BCUT2D eigenvalue weighted by atomic mass is 32.1. The summed E-state index contributed by atoms with van der Waals surface area (Å²) >= 11 is 1.58. The molecule has 1 aromatic carbocycles. The second kappa shape index (κ2) is 5.47. The Morgan fingerprint density at radius 2 is 2.08 bits per heavy atom. The molecule has 0 bridgehead atoms. The maximum atomic E-state index is 11.7. The van der Waals surface area contributed by atoms with Crippen molar-refractivity contribution in [2.75, 3.05) is 5.73 Å². The van der Waals surface area contributed by atoms with Gasteiger partial charge in [-0.15, -0.1) is 11.3 Å². The Kier molecular flexibility index (Phi) is 3.28. The van der Waals surface area contributed by atoms with E-state index in [-0.39, 0.29) is 11.5 Å². The van der Waals surface area contributed by atoms with Gasteiger partial charge in [-0.2, -0.15) is 0 Å². The second-order valence-electron chi connectivity index (χ2n) is 5.22. The molecule has 4 rings (SSSR count). The molecule has 0 aliphatic carbocycles.